The summed E-state index contributed by atoms with van der Waals surface area (Å²) in [5, 5.41) is 8.71. The highest BCUT2D eigenvalue weighted by molar-refractivity contribution is 5.63. The number of hydrogen-bond acceptors (Lipinski definition) is 5. The first-order valence-corrected chi connectivity index (χ1v) is 7.44. The molecule has 1 aromatic carbocycles. The topological polar surface area (TPSA) is 82.1 Å². The number of hydrogen-bond donors (Lipinski definition) is 1. The lowest BCUT2D eigenvalue weighted by atomic mass is 10.1. The molecular formula is C18H20O6. The fourth-order valence-corrected chi connectivity index (χ4v) is 1.66. The average molecular weight is 332 g/mol. The van der Waals surface area contributed by atoms with Gasteiger partial charge in [0.1, 0.15) is 0 Å². The van der Waals surface area contributed by atoms with Crippen molar-refractivity contribution in [2.45, 2.75) is 20.3 Å². The van der Waals surface area contributed by atoms with E-state index in [2.05, 4.69) is 9.47 Å². The zero-order valence-electron chi connectivity index (χ0n) is 13.6. The van der Waals surface area contributed by atoms with Crippen LogP contribution >= 0.6 is 0 Å². The molecule has 0 saturated carbocycles. The number of ether oxygens (including phenoxy) is 3. The molecule has 1 N–H and O–H groups in total. The van der Waals surface area contributed by atoms with Crippen molar-refractivity contribution < 1.29 is 28.9 Å². The lowest BCUT2D eigenvalue weighted by Gasteiger charge is -2.07. The van der Waals surface area contributed by atoms with Crippen LogP contribution in [0, 0.1) is 0 Å². The Morgan fingerprint density at radius 3 is 2.42 bits per heavy atom. The number of carboxylic acid groups (broad SMARTS) is 1. The van der Waals surface area contributed by atoms with Crippen LogP contribution in [0.5, 0.6) is 0 Å². The van der Waals surface area contributed by atoms with Gasteiger partial charge in [-0.3, -0.25) is 0 Å². The normalized spacial score (nSPS) is 12.1. The molecule has 0 saturated heterocycles. The van der Waals surface area contributed by atoms with Crippen molar-refractivity contribution in [1.82, 2.24) is 0 Å². The van der Waals surface area contributed by atoms with E-state index in [0.717, 1.165) is 5.56 Å². The minimum atomic E-state index is -1.58. The molecule has 0 aromatic heterocycles. The van der Waals surface area contributed by atoms with Crippen molar-refractivity contribution in [1.29, 1.82) is 0 Å². The van der Waals surface area contributed by atoms with Crippen LogP contribution in [0.1, 0.15) is 25.8 Å². The summed E-state index contributed by atoms with van der Waals surface area (Å²) >= 11 is 0. The first-order chi connectivity index (χ1) is 11.5. The lowest BCUT2D eigenvalue weighted by molar-refractivity contribution is 0.0267. The third-order valence-electron chi connectivity index (χ3n) is 2.74. The van der Waals surface area contributed by atoms with E-state index >= 15 is 0 Å². The number of carbonyl (C=O) groups is 2. The highest BCUT2D eigenvalue weighted by atomic mass is 16.8. The summed E-state index contributed by atoms with van der Waals surface area (Å²) in [5.41, 5.74) is 1.74. The summed E-state index contributed by atoms with van der Waals surface area (Å²) in [6.07, 6.45) is 4.78. The van der Waals surface area contributed by atoms with Gasteiger partial charge >= 0.3 is 18.3 Å². The fraction of sp³-hybridized carbons (Fsp3) is 0.222. The lowest BCUT2D eigenvalue weighted by Crippen LogP contribution is -2.11. The predicted octanol–water partition coefficient (Wildman–Crippen LogP) is 4.75. The molecule has 0 aliphatic heterocycles. The Bertz CT molecular complexity index is 628. The van der Waals surface area contributed by atoms with Crippen molar-refractivity contribution >= 4 is 18.4 Å². The second kappa shape index (κ2) is 10.7. The Labute approximate surface area is 140 Å². The monoisotopic (exact) mass is 332 g/mol. The Kier molecular flexibility index (Phi) is 8.45. The van der Waals surface area contributed by atoms with Gasteiger partial charge in [0.2, 0.25) is 0 Å². The number of rotatable bonds is 7. The van der Waals surface area contributed by atoms with Gasteiger partial charge in [-0.05, 0) is 24.5 Å². The zero-order chi connectivity index (χ0) is 17.8. The van der Waals surface area contributed by atoms with Crippen molar-refractivity contribution in [2.24, 2.45) is 0 Å². The molecule has 0 amide bonds. The van der Waals surface area contributed by atoms with Gasteiger partial charge in [-0.1, -0.05) is 55.5 Å². The summed E-state index contributed by atoms with van der Waals surface area (Å²) in [5.74, 6) is -0.456. The predicted molar refractivity (Wildman–Crippen MR) is 89.1 cm³/mol. The van der Waals surface area contributed by atoms with Crippen molar-refractivity contribution in [3.8, 4) is 0 Å². The molecule has 6 heteroatoms. The van der Waals surface area contributed by atoms with Gasteiger partial charge in [0.15, 0.2) is 0 Å². The van der Waals surface area contributed by atoms with Gasteiger partial charge in [-0.2, -0.15) is 0 Å². The van der Waals surface area contributed by atoms with E-state index < -0.39 is 18.3 Å². The molecule has 6 nitrogen and oxygen atoms in total. The molecule has 0 bridgehead atoms. The molecule has 0 spiro atoms. The molecule has 24 heavy (non-hydrogen) atoms. The standard InChI is InChI=1S/C18H20O6/c1-3-14(11-8-12-15-9-6-5-7-10-15)13-16(23-17(19)20)24-18(21)22-4-2/h5-13H,3-4H2,1-2H3,(H,19,20). The van der Waals surface area contributed by atoms with Crippen molar-refractivity contribution in [3.05, 3.63) is 65.6 Å². The minimum Gasteiger partial charge on any atom is -0.449 e. The van der Waals surface area contributed by atoms with Gasteiger partial charge in [0.25, 0.3) is 0 Å². The maximum atomic E-state index is 11.3. The van der Waals surface area contributed by atoms with E-state index in [1.807, 2.05) is 49.4 Å². The molecule has 0 aliphatic carbocycles. The average Bonchev–Trinajstić information content (AvgIpc) is 2.54. The summed E-state index contributed by atoms with van der Waals surface area (Å²) in [4.78, 5) is 22.0. The largest absolute Gasteiger partial charge is 0.516 e. The molecule has 0 atom stereocenters. The maximum Gasteiger partial charge on any atom is 0.516 e. The molecule has 1 rings (SSSR count). The molecule has 0 aliphatic rings. The van der Waals surface area contributed by atoms with Gasteiger partial charge in [-0.25, -0.2) is 9.59 Å². The van der Waals surface area contributed by atoms with Crippen molar-refractivity contribution in [3.63, 3.8) is 0 Å². The fourth-order valence-electron chi connectivity index (χ4n) is 1.66. The maximum absolute atomic E-state index is 11.3. The SMILES string of the molecule is CCOC(=O)OC(=CC(=CC=Cc1ccccc1)CC)OC(=O)O. The van der Waals surface area contributed by atoms with E-state index in [0.29, 0.717) is 12.0 Å². The van der Waals surface area contributed by atoms with Gasteiger partial charge < -0.3 is 19.3 Å². The Balaban J connectivity index is 2.88. The van der Waals surface area contributed by atoms with Crippen LogP contribution in [0.3, 0.4) is 0 Å². The number of benzene rings is 1. The summed E-state index contributed by atoms with van der Waals surface area (Å²) in [7, 11) is 0. The van der Waals surface area contributed by atoms with Crippen LogP contribution in [0.4, 0.5) is 9.59 Å². The van der Waals surface area contributed by atoms with Crippen molar-refractivity contribution in [2.75, 3.05) is 6.61 Å². The molecule has 0 fully saturated rings. The molecular weight excluding hydrogens is 312 g/mol. The van der Waals surface area contributed by atoms with Gasteiger partial charge in [0, 0.05) is 6.08 Å². The number of carbonyl (C=O) groups excluding carboxylic acids is 1. The van der Waals surface area contributed by atoms with E-state index in [9.17, 15) is 9.59 Å². The molecule has 0 unspecified atom stereocenters. The smallest absolute Gasteiger partial charge is 0.449 e. The third kappa shape index (κ3) is 7.84. The summed E-state index contributed by atoms with van der Waals surface area (Å²) in [6, 6.07) is 9.69. The van der Waals surface area contributed by atoms with Crippen LogP contribution in [0.25, 0.3) is 6.08 Å². The first-order valence-electron chi connectivity index (χ1n) is 7.44. The summed E-state index contributed by atoms with van der Waals surface area (Å²) < 4.78 is 13.8. The van der Waals surface area contributed by atoms with Crippen LogP contribution < -0.4 is 0 Å². The molecule has 0 heterocycles. The van der Waals surface area contributed by atoms with E-state index in [4.69, 9.17) is 9.84 Å². The quantitative estimate of drug-likeness (QED) is 0.441. The van der Waals surface area contributed by atoms with E-state index in [1.54, 1.807) is 13.0 Å². The van der Waals surface area contributed by atoms with E-state index in [1.165, 1.54) is 6.08 Å². The van der Waals surface area contributed by atoms with Crippen LogP contribution in [0.2, 0.25) is 0 Å². The third-order valence-corrected chi connectivity index (χ3v) is 2.74. The second-order valence-electron chi connectivity index (χ2n) is 4.48. The van der Waals surface area contributed by atoms with Crippen LogP contribution in [0.15, 0.2) is 60.1 Å². The van der Waals surface area contributed by atoms with Gasteiger partial charge in [-0.15, -0.1) is 0 Å². The molecule has 128 valence electrons. The highest BCUT2D eigenvalue weighted by Crippen LogP contribution is 2.12. The zero-order valence-corrected chi connectivity index (χ0v) is 13.6. The van der Waals surface area contributed by atoms with Crippen LogP contribution in [-0.2, 0) is 14.2 Å². The molecule has 1 aromatic rings. The Morgan fingerprint density at radius 1 is 1.12 bits per heavy atom. The summed E-state index contributed by atoms with van der Waals surface area (Å²) in [6.45, 7) is 3.59. The van der Waals surface area contributed by atoms with Gasteiger partial charge in [0.05, 0.1) is 6.61 Å². The minimum absolute atomic E-state index is 0.107. The Hall–Kier alpha value is -3.02. The van der Waals surface area contributed by atoms with E-state index in [-0.39, 0.29) is 6.61 Å². The highest BCUT2D eigenvalue weighted by Gasteiger charge is 2.13. The Morgan fingerprint density at radius 2 is 1.83 bits per heavy atom. The second-order valence-corrected chi connectivity index (χ2v) is 4.48. The first kappa shape index (κ1) is 19.0. The number of allylic oxidation sites excluding steroid dienone is 4. The molecule has 0 radical (unpaired) electrons. The van der Waals surface area contributed by atoms with Crippen LogP contribution in [-0.4, -0.2) is 24.0 Å².